The fraction of sp³-hybridized carbons (Fsp3) is 0. The van der Waals surface area contributed by atoms with Crippen molar-refractivity contribution >= 4 is 21.6 Å². The largest absolute Gasteiger partial charge is 0.323 e. The predicted octanol–water partition coefficient (Wildman–Crippen LogP) is 6.07. The van der Waals surface area contributed by atoms with Gasteiger partial charge in [-0.1, -0.05) is 45.9 Å². The number of hydrogen-bond acceptors (Lipinski definition) is 2. The van der Waals surface area contributed by atoms with Crippen molar-refractivity contribution in [1.29, 1.82) is 0 Å². The van der Waals surface area contributed by atoms with E-state index in [-0.39, 0.29) is 0 Å². The molecule has 0 fully saturated rings. The molecule has 0 aliphatic heterocycles. The monoisotopic (exact) mass is 348 g/mol. The number of aromatic nitrogens is 2. The zero-order valence-corrected chi connectivity index (χ0v) is 14.6. The van der Waals surface area contributed by atoms with Crippen molar-refractivity contribution in [1.82, 2.24) is 9.13 Å². The van der Waals surface area contributed by atoms with Gasteiger partial charge in [-0.15, -0.1) is 0 Å². The van der Waals surface area contributed by atoms with E-state index in [1.165, 1.54) is 21.2 Å². The van der Waals surface area contributed by atoms with E-state index in [1.807, 2.05) is 0 Å². The Morgan fingerprint density at radius 3 is 1.25 bits per heavy atom. The van der Waals surface area contributed by atoms with Crippen molar-refractivity contribution in [2.45, 2.75) is 9.79 Å². The van der Waals surface area contributed by atoms with Crippen molar-refractivity contribution in [3.05, 3.63) is 97.6 Å². The molecular formula is C20H16N2S2. The smallest absolute Gasteiger partial charge is 0.0594 e. The first-order chi connectivity index (χ1) is 11.9. The molecule has 2 aromatic heterocycles. The molecule has 0 radical (unpaired) electrons. The van der Waals surface area contributed by atoms with Gasteiger partial charge in [0.25, 0.3) is 0 Å². The van der Waals surface area contributed by atoms with Gasteiger partial charge in [-0.3, -0.25) is 0 Å². The Morgan fingerprint density at radius 2 is 0.833 bits per heavy atom. The number of para-hydroxylation sites is 2. The first-order valence-corrected chi connectivity index (χ1v) is 9.86. The summed E-state index contributed by atoms with van der Waals surface area (Å²) < 4.78 is 4.31. The minimum Gasteiger partial charge on any atom is -0.323 e. The summed E-state index contributed by atoms with van der Waals surface area (Å²) in [7, 11) is 3.58. The topological polar surface area (TPSA) is 9.86 Å². The standard InChI is InChI=1S/C20H16N2S2/c1-3-11-19(17(9-1)21-13-5-6-14-21)23-24-20-12-4-2-10-18(20)22-15-7-8-16-22/h1-16H. The van der Waals surface area contributed by atoms with Gasteiger partial charge in [0, 0.05) is 34.6 Å². The molecule has 4 heteroatoms. The minimum atomic E-state index is 1.21. The van der Waals surface area contributed by atoms with Crippen LogP contribution in [0.1, 0.15) is 0 Å². The second-order valence-electron chi connectivity index (χ2n) is 5.28. The lowest BCUT2D eigenvalue weighted by Gasteiger charge is -2.12. The SMILES string of the molecule is c1ccc(-n2cccc2)c(SSc2ccccc2-n2cccc2)c1. The first kappa shape index (κ1) is 15.2. The van der Waals surface area contributed by atoms with Crippen molar-refractivity contribution in [3.8, 4) is 11.4 Å². The molecule has 2 aromatic carbocycles. The Hall–Kier alpha value is -2.30. The third-order valence-electron chi connectivity index (χ3n) is 3.72. The van der Waals surface area contributed by atoms with Crippen LogP contribution in [-0.4, -0.2) is 9.13 Å². The molecule has 0 N–H and O–H groups in total. The van der Waals surface area contributed by atoms with Crippen molar-refractivity contribution in [2.24, 2.45) is 0 Å². The maximum atomic E-state index is 2.17. The fourth-order valence-corrected chi connectivity index (χ4v) is 4.91. The average molecular weight is 348 g/mol. The summed E-state index contributed by atoms with van der Waals surface area (Å²) in [5, 5.41) is 0. The molecule has 0 atom stereocenters. The molecule has 0 bridgehead atoms. The summed E-state index contributed by atoms with van der Waals surface area (Å²) in [5.41, 5.74) is 2.41. The van der Waals surface area contributed by atoms with E-state index in [2.05, 4.69) is 107 Å². The Labute approximate surface area is 149 Å². The zero-order valence-electron chi connectivity index (χ0n) is 12.9. The Balaban J connectivity index is 1.61. The Morgan fingerprint density at radius 1 is 0.458 bits per heavy atom. The zero-order chi connectivity index (χ0) is 16.2. The van der Waals surface area contributed by atoms with E-state index < -0.39 is 0 Å². The number of hydrogen-bond donors (Lipinski definition) is 0. The van der Waals surface area contributed by atoms with Crippen molar-refractivity contribution < 1.29 is 0 Å². The highest BCUT2D eigenvalue weighted by Crippen LogP contribution is 2.42. The van der Waals surface area contributed by atoms with Gasteiger partial charge in [0.15, 0.2) is 0 Å². The van der Waals surface area contributed by atoms with Gasteiger partial charge >= 0.3 is 0 Å². The van der Waals surface area contributed by atoms with E-state index in [1.54, 1.807) is 21.6 Å². The summed E-state index contributed by atoms with van der Waals surface area (Å²) in [4.78, 5) is 2.50. The third kappa shape index (κ3) is 3.16. The van der Waals surface area contributed by atoms with Crippen LogP contribution in [0.15, 0.2) is 107 Å². The summed E-state index contributed by atoms with van der Waals surface area (Å²) >= 11 is 0. The normalized spacial score (nSPS) is 10.8. The van der Waals surface area contributed by atoms with Crippen LogP contribution in [0.25, 0.3) is 11.4 Å². The van der Waals surface area contributed by atoms with Gasteiger partial charge in [-0.05, 0) is 48.5 Å². The van der Waals surface area contributed by atoms with Crippen LogP contribution < -0.4 is 0 Å². The van der Waals surface area contributed by atoms with Gasteiger partial charge < -0.3 is 9.13 Å². The van der Waals surface area contributed by atoms with Crippen LogP contribution in [-0.2, 0) is 0 Å². The molecule has 24 heavy (non-hydrogen) atoms. The molecule has 0 spiro atoms. The maximum absolute atomic E-state index is 2.17. The van der Waals surface area contributed by atoms with Crippen LogP contribution in [0.3, 0.4) is 0 Å². The molecule has 2 nitrogen and oxygen atoms in total. The van der Waals surface area contributed by atoms with Crippen LogP contribution >= 0.6 is 21.6 Å². The maximum Gasteiger partial charge on any atom is 0.0594 e. The number of nitrogens with zero attached hydrogens (tertiary/aromatic N) is 2. The van der Waals surface area contributed by atoms with Crippen LogP contribution in [0.2, 0.25) is 0 Å². The van der Waals surface area contributed by atoms with E-state index in [4.69, 9.17) is 0 Å². The number of benzene rings is 2. The highest BCUT2D eigenvalue weighted by molar-refractivity contribution is 8.76. The van der Waals surface area contributed by atoms with E-state index in [0.717, 1.165) is 0 Å². The molecule has 2 heterocycles. The predicted molar refractivity (Wildman–Crippen MR) is 103 cm³/mol. The Kier molecular flexibility index (Phi) is 4.49. The second kappa shape index (κ2) is 7.07. The van der Waals surface area contributed by atoms with Crippen LogP contribution in [0.5, 0.6) is 0 Å². The summed E-state index contributed by atoms with van der Waals surface area (Å²) in [6.07, 6.45) is 8.32. The molecular weight excluding hydrogens is 332 g/mol. The lowest BCUT2D eigenvalue weighted by atomic mass is 10.3. The average Bonchev–Trinajstić information content (AvgIpc) is 3.34. The molecule has 0 aliphatic rings. The molecule has 0 unspecified atom stereocenters. The molecule has 118 valence electrons. The third-order valence-corrected chi connectivity index (χ3v) is 6.18. The molecule has 0 saturated carbocycles. The molecule has 0 amide bonds. The van der Waals surface area contributed by atoms with Crippen molar-refractivity contribution in [2.75, 3.05) is 0 Å². The molecule has 0 saturated heterocycles. The van der Waals surface area contributed by atoms with Crippen LogP contribution in [0.4, 0.5) is 0 Å². The minimum absolute atomic E-state index is 1.21. The lowest BCUT2D eigenvalue weighted by Crippen LogP contribution is -1.92. The van der Waals surface area contributed by atoms with E-state index in [9.17, 15) is 0 Å². The summed E-state index contributed by atoms with van der Waals surface area (Å²) in [5.74, 6) is 0. The lowest BCUT2D eigenvalue weighted by molar-refractivity contribution is 1.04. The fourth-order valence-electron chi connectivity index (χ4n) is 2.56. The molecule has 4 rings (SSSR count). The second-order valence-corrected chi connectivity index (χ2v) is 7.50. The van der Waals surface area contributed by atoms with Crippen molar-refractivity contribution in [3.63, 3.8) is 0 Å². The van der Waals surface area contributed by atoms with E-state index >= 15 is 0 Å². The van der Waals surface area contributed by atoms with Gasteiger partial charge in [0.05, 0.1) is 11.4 Å². The quantitative estimate of drug-likeness (QED) is 0.405. The first-order valence-electron chi connectivity index (χ1n) is 7.71. The van der Waals surface area contributed by atoms with Gasteiger partial charge in [0.2, 0.25) is 0 Å². The highest BCUT2D eigenvalue weighted by Gasteiger charge is 2.08. The summed E-state index contributed by atoms with van der Waals surface area (Å²) in [6.45, 7) is 0. The Bertz CT molecular complexity index is 835. The molecule has 0 aliphatic carbocycles. The number of rotatable bonds is 5. The summed E-state index contributed by atoms with van der Waals surface area (Å²) in [6, 6.07) is 25.2. The van der Waals surface area contributed by atoms with Gasteiger partial charge in [0.1, 0.15) is 0 Å². The van der Waals surface area contributed by atoms with Crippen LogP contribution in [0, 0.1) is 0 Å². The van der Waals surface area contributed by atoms with Gasteiger partial charge in [-0.25, -0.2) is 0 Å². The molecule has 4 aromatic rings. The highest BCUT2D eigenvalue weighted by atomic mass is 33.1. The van der Waals surface area contributed by atoms with Gasteiger partial charge in [-0.2, -0.15) is 0 Å². The van der Waals surface area contributed by atoms with E-state index in [0.29, 0.717) is 0 Å².